The molecule has 1 atom stereocenters. The van der Waals surface area contributed by atoms with Gasteiger partial charge in [0, 0.05) is 13.1 Å². The fourth-order valence-electron chi connectivity index (χ4n) is 2.68. The third kappa shape index (κ3) is 2.96. The molecular formula is C16H16ClFN2O3. The molecule has 23 heavy (non-hydrogen) atoms. The average molecular weight is 339 g/mol. The predicted octanol–water partition coefficient (Wildman–Crippen LogP) is 3.30. The Balaban J connectivity index is 2.04. The van der Waals surface area contributed by atoms with E-state index < -0.39 is 5.82 Å². The van der Waals surface area contributed by atoms with E-state index in [1.54, 1.807) is 17.9 Å². The summed E-state index contributed by atoms with van der Waals surface area (Å²) in [6, 6.07) is 4.32. The van der Waals surface area contributed by atoms with Gasteiger partial charge in [-0.15, -0.1) is 0 Å². The van der Waals surface area contributed by atoms with Crippen molar-refractivity contribution >= 4 is 17.5 Å². The Morgan fingerprint density at radius 3 is 2.96 bits per heavy atom. The van der Waals surface area contributed by atoms with Crippen LogP contribution in [0.5, 0.6) is 0 Å². The zero-order valence-corrected chi connectivity index (χ0v) is 13.6. The summed E-state index contributed by atoms with van der Waals surface area (Å²) in [5.74, 6) is -0.466. The van der Waals surface area contributed by atoms with Crippen LogP contribution >= 0.6 is 11.6 Å². The second-order valence-electron chi connectivity index (χ2n) is 5.49. The standard InChI is InChI=1S/C16H16ClFN2O3/c1-9-8-20(6-7-22-9)16(21)13-10(2)23-19-15(13)14-11(17)4-3-5-12(14)18/h3-5,9H,6-8H2,1-2H3. The van der Waals surface area contributed by atoms with E-state index in [0.29, 0.717) is 25.5 Å². The first-order valence-corrected chi connectivity index (χ1v) is 7.68. The molecule has 2 aromatic rings. The number of carbonyl (C=O) groups is 1. The molecule has 3 rings (SSSR count). The van der Waals surface area contributed by atoms with E-state index in [-0.39, 0.29) is 33.9 Å². The van der Waals surface area contributed by atoms with Gasteiger partial charge in [0.25, 0.3) is 5.91 Å². The summed E-state index contributed by atoms with van der Waals surface area (Å²) < 4.78 is 24.8. The van der Waals surface area contributed by atoms with Gasteiger partial charge in [0.1, 0.15) is 22.8 Å². The van der Waals surface area contributed by atoms with E-state index in [2.05, 4.69) is 5.16 Å². The van der Waals surface area contributed by atoms with Crippen molar-refractivity contribution in [3.05, 3.63) is 40.4 Å². The number of aryl methyl sites for hydroxylation is 1. The Morgan fingerprint density at radius 2 is 2.26 bits per heavy atom. The number of aromatic nitrogens is 1. The zero-order valence-electron chi connectivity index (χ0n) is 12.8. The highest BCUT2D eigenvalue weighted by Crippen LogP contribution is 2.34. The molecule has 5 nitrogen and oxygen atoms in total. The maximum Gasteiger partial charge on any atom is 0.259 e. The highest BCUT2D eigenvalue weighted by Gasteiger charge is 2.30. The Bertz CT molecular complexity index is 727. The third-order valence-electron chi connectivity index (χ3n) is 3.80. The molecule has 0 N–H and O–H groups in total. The van der Waals surface area contributed by atoms with Crippen molar-refractivity contribution in [1.82, 2.24) is 10.1 Å². The molecule has 1 aliphatic rings. The number of hydrogen-bond acceptors (Lipinski definition) is 4. The molecule has 1 aromatic carbocycles. The van der Waals surface area contributed by atoms with Gasteiger partial charge >= 0.3 is 0 Å². The van der Waals surface area contributed by atoms with Crippen molar-refractivity contribution in [3.63, 3.8) is 0 Å². The number of morpholine rings is 1. The SMILES string of the molecule is Cc1onc(-c2c(F)cccc2Cl)c1C(=O)N1CCOC(C)C1. The van der Waals surface area contributed by atoms with Crippen molar-refractivity contribution in [1.29, 1.82) is 0 Å². The van der Waals surface area contributed by atoms with Crippen LogP contribution in [0.1, 0.15) is 23.0 Å². The lowest BCUT2D eigenvalue weighted by Crippen LogP contribution is -2.44. The van der Waals surface area contributed by atoms with Gasteiger partial charge < -0.3 is 14.2 Å². The van der Waals surface area contributed by atoms with Gasteiger partial charge in [-0.1, -0.05) is 22.8 Å². The van der Waals surface area contributed by atoms with Gasteiger partial charge in [-0.3, -0.25) is 4.79 Å². The summed E-state index contributed by atoms with van der Waals surface area (Å²) >= 11 is 6.09. The fourth-order valence-corrected chi connectivity index (χ4v) is 2.93. The quantitative estimate of drug-likeness (QED) is 0.843. The van der Waals surface area contributed by atoms with E-state index in [1.807, 2.05) is 6.92 Å². The molecule has 1 saturated heterocycles. The highest BCUT2D eigenvalue weighted by atomic mass is 35.5. The maximum absolute atomic E-state index is 14.2. The predicted molar refractivity (Wildman–Crippen MR) is 83.0 cm³/mol. The summed E-state index contributed by atoms with van der Waals surface area (Å²) in [4.78, 5) is 14.5. The van der Waals surface area contributed by atoms with Gasteiger partial charge in [0.05, 0.1) is 23.3 Å². The molecule has 0 saturated carbocycles. The lowest BCUT2D eigenvalue weighted by Gasteiger charge is -2.31. The minimum atomic E-state index is -0.546. The molecule has 7 heteroatoms. The Hall–Kier alpha value is -1.92. The normalized spacial score (nSPS) is 18.3. The first kappa shape index (κ1) is 16.0. The van der Waals surface area contributed by atoms with Gasteiger partial charge in [-0.05, 0) is 26.0 Å². The monoisotopic (exact) mass is 338 g/mol. The van der Waals surface area contributed by atoms with Gasteiger partial charge in [-0.25, -0.2) is 4.39 Å². The van der Waals surface area contributed by atoms with Crippen LogP contribution in [0.25, 0.3) is 11.3 Å². The second kappa shape index (κ2) is 6.29. The lowest BCUT2D eigenvalue weighted by molar-refractivity contribution is -0.0124. The lowest BCUT2D eigenvalue weighted by atomic mass is 10.0. The smallest absolute Gasteiger partial charge is 0.259 e. The second-order valence-corrected chi connectivity index (χ2v) is 5.90. The Morgan fingerprint density at radius 1 is 1.48 bits per heavy atom. The molecule has 2 heterocycles. The van der Waals surface area contributed by atoms with Crippen molar-refractivity contribution in [2.24, 2.45) is 0 Å². The van der Waals surface area contributed by atoms with E-state index >= 15 is 0 Å². The van der Waals surface area contributed by atoms with Crippen LogP contribution in [0.2, 0.25) is 5.02 Å². The van der Waals surface area contributed by atoms with E-state index in [9.17, 15) is 9.18 Å². The topological polar surface area (TPSA) is 55.6 Å². The molecule has 1 unspecified atom stereocenters. The van der Waals surface area contributed by atoms with Gasteiger partial charge in [0.15, 0.2) is 0 Å². The minimum absolute atomic E-state index is 0.0478. The molecule has 0 radical (unpaired) electrons. The molecule has 1 amide bonds. The number of rotatable bonds is 2. The van der Waals surface area contributed by atoms with E-state index in [4.69, 9.17) is 20.9 Å². The average Bonchev–Trinajstić information content (AvgIpc) is 2.88. The summed E-state index contributed by atoms with van der Waals surface area (Å²) in [6.45, 7) is 4.93. The third-order valence-corrected chi connectivity index (χ3v) is 4.12. The van der Waals surface area contributed by atoms with E-state index in [1.165, 1.54) is 12.1 Å². The van der Waals surface area contributed by atoms with Crippen LogP contribution in [0.15, 0.2) is 22.7 Å². The van der Waals surface area contributed by atoms with Crippen molar-refractivity contribution in [3.8, 4) is 11.3 Å². The van der Waals surface area contributed by atoms with Crippen LogP contribution in [0.4, 0.5) is 4.39 Å². The summed E-state index contributed by atoms with van der Waals surface area (Å²) in [5, 5.41) is 4.05. The minimum Gasteiger partial charge on any atom is -0.375 e. The van der Waals surface area contributed by atoms with Crippen LogP contribution in [0, 0.1) is 12.7 Å². The molecule has 122 valence electrons. The number of amides is 1. The molecule has 1 aliphatic heterocycles. The highest BCUT2D eigenvalue weighted by molar-refractivity contribution is 6.33. The molecule has 0 aliphatic carbocycles. The molecule has 1 aromatic heterocycles. The molecule has 0 spiro atoms. The Kier molecular flexibility index (Phi) is 4.37. The van der Waals surface area contributed by atoms with Crippen LogP contribution in [0.3, 0.4) is 0 Å². The number of nitrogens with zero attached hydrogens (tertiary/aromatic N) is 2. The van der Waals surface area contributed by atoms with Crippen molar-refractivity contribution in [2.75, 3.05) is 19.7 Å². The summed E-state index contributed by atoms with van der Waals surface area (Å²) in [7, 11) is 0. The van der Waals surface area contributed by atoms with Gasteiger partial charge in [0.2, 0.25) is 0 Å². The fraction of sp³-hybridized carbons (Fsp3) is 0.375. The van der Waals surface area contributed by atoms with Crippen LogP contribution in [-0.4, -0.2) is 41.8 Å². The first-order chi connectivity index (χ1) is 11.0. The molecule has 1 fully saturated rings. The molecular weight excluding hydrogens is 323 g/mol. The summed E-state index contributed by atoms with van der Waals surface area (Å²) in [6.07, 6.45) is -0.0478. The van der Waals surface area contributed by atoms with E-state index in [0.717, 1.165) is 0 Å². The van der Waals surface area contributed by atoms with Gasteiger partial charge in [-0.2, -0.15) is 0 Å². The largest absolute Gasteiger partial charge is 0.375 e. The Labute approximate surface area is 138 Å². The summed E-state index contributed by atoms with van der Waals surface area (Å²) in [5.41, 5.74) is 0.455. The molecule has 0 bridgehead atoms. The maximum atomic E-state index is 14.2. The van der Waals surface area contributed by atoms with Crippen molar-refractivity contribution in [2.45, 2.75) is 20.0 Å². The number of hydrogen-bond donors (Lipinski definition) is 0. The van der Waals surface area contributed by atoms with Crippen LogP contribution in [-0.2, 0) is 4.74 Å². The first-order valence-electron chi connectivity index (χ1n) is 7.30. The van der Waals surface area contributed by atoms with Crippen molar-refractivity contribution < 1.29 is 18.4 Å². The van der Waals surface area contributed by atoms with Crippen LogP contribution < -0.4 is 0 Å². The number of carbonyl (C=O) groups excluding carboxylic acids is 1. The number of ether oxygens (including phenoxy) is 1. The zero-order chi connectivity index (χ0) is 16.6. The number of halogens is 2. The number of benzene rings is 1.